The van der Waals surface area contributed by atoms with Gasteiger partial charge in [-0.3, -0.25) is 4.98 Å². The SMILES string of the molecule is CN(CCCOC1CCNCC1)Cc1ccncc1. The predicted molar refractivity (Wildman–Crippen MR) is 77.0 cm³/mol. The van der Waals surface area contributed by atoms with Crippen LogP contribution in [0.5, 0.6) is 0 Å². The normalized spacial score (nSPS) is 16.9. The van der Waals surface area contributed by atoms with E-state index in [2.05, 4.69) is 34.4 Å². The van der Waals surface area contributed by atoms with Crippen molar-refractivity contribution in [3.63, 3.8) is 0 Å². The third kappa shape index (κ3) is 5.68. The highest BCUT2D eigenvalue weighted by Crippen LogP contribution is 2.08. The van der Waals surface area contributed by atoms with Crippen molar-refractivity contribution in [3.8, 4) is 0 Å². The Kier molecular flexibility index (Phi) is 6.27. The average Bonchev–Trinajstić information content (AvgIpc) is 2.46. The van der Waals surface area contributed by atoms with Gasteiger partial charge in [-0.1, -0.05) is 0 Å². The highest BCUT2D eigenvalue weighted by Gasteiger charge is 2.12. The van der Waals surface area contributed by atoms with Crippen LogP contribution < -0.4 is 5.32 Å². The molecular weight excluding hydrogens is 238 g/mol. The highest BCUT2D eigenvalue weighted by atomic mass is 16.5. The van der Waals surface area contributed by atoms with Crippen molar-refractivity contribution in [3.05, 3.63) is 30.1 Å². The Hall–Kier alpha value is -0.970. The first-order valence-corrected chi connectivity index (χ1v) is 7.24. The second kappa shape index (κ2) is 8.25. The Morgan fingerprint density at radius 1 is 1.32 bits per heavy atom. The van der Waals surface area contributed by atoms with Crippen LogP contribution in [0.4, 0.5) is 0 Å². The molecule has 1 aliphatic heterocycles. The molecule has 0 atom stereocenters. The molecule has 0 unspecified atom stereocenters. The lowest BCUT2D eigenvalue weighted by Gasteiger charge is -2.23. The largest absolute Gasteiger partial charge is 0.378 e. The molecule has 0 aromatic carbocycles. The maximum atomic E-state index is 5.91. The van der Waals surface area contributed by atoms with Crippen LogP contribution in [-0.4, -0.2) is 49.3 Å². The standard InChI is InChI=1S/C15H25N3O/c1-18(13-14-3-7-16-8-4-14)11-2-12-19-15-5-9-17-10-6-15/h3-4,7-8,15,17H,2,5-6,9-13H2,1H3. The summed E-state index contributed by atoms with van der Waals surface area (Å²) >= 11 is 0. The van der Waals surface area contributed by atoms with Crippen molar-refractivity contribution in [1.82, 2.24) is 15.2 Å². The molecule has 0 aliphatic carbocycles. The monoisotopic (exact) mass is 263 g/mol. The van der Waals surface area contributed by atoms with E-state index in [1.165, 1.54) is 5.56 Å². The first-order valence-electron chi connectivity index (χ1n) is 7.24. The van der Waals surface area contributed by atoms with Crippen molar-refractivity contribution >= 4 is 0 Å². The summed E-state index contributed by atoms with van der Waals surface area (Å²) in [7, 11) is 2.16. The summed E-state index contributed by atoms with van der Waals surface area (Å²) in [4.78, 5) is 6.37. The fraction of sp³-hybridized carbons (Fsp3) is 0.667. The summed E-state index contributed by atoms with van der Waals surface area (Å²) in [6.07, 6.45) is 7.60. The van der Waals surface area contributed by atoms with Gasteiger partial charge < -0.3 is 15.0 Å². The summed E-state index contributed by atoms with van der Waals surface area (Å²) in [6.45, 7) is 5.15. The molecule has 106 valence electrons. The smallest absolute Gasteiger partial charge is 0.0599 e. The Morgan fingerprint density at radius 2 is 2.05 bits per heavy atom. The zero-order valence-electron chi connectivity index (χ0n) is 11.8. The van der Waals surface area contributed by atoms with E-state index < -0.39 is 0 Å². The topological polar surface area (TPSA) is 37.4 Å². The molecule has 2 heterocycles. The summed E-state index contributed by atoms with van der Waals surface area (Å²) in [5.41, 5.74) is 1.32. The summed E-state index contributed by atoms with van der Waals surface area (Å²) in [5, 5.41) is 3.36. The van der Waals surface area contributed by atoms with Gasteiger partial charge in [-0.05, 0) is 57.1 Å². The Balaban J connectivity index is 1.55. The molecule has 1 N–H and O–H groups in total. The van der Waals surface area contributed by atoms with Gasteiger partial charge in [0.05, 0.1) is 6.10 Å². The van der Waals surface area contributed by atoms with Gasteiger partial charge in [0.2, 0.25) is 0 Å². The third-order valence-corrected chi connectivity index (χ3v) is 3.53. The number of aromatic nitrogens is 1. The fourth-order valence-corrected chi connectivity index (χ4v) is 2.43. The zero-order chi connectivity index (χ0) is 13.3. The van der Waals surface area contributed by atoms with Crippen LogP contribution in [0.2, 0.25) is 0 Å². The van der Waals surface area contributed by atoms with Gasteiger partial charge in [0.15, 0.2) is 0 Å². The second-order valence-electron chi connectivity index (χ2n) is 5.27. The molecule has 1 aromatic rings. The Labute approximate surface area is 116 Å². The van der Waals surface area contributed by atoms with E-state index in [-0.39, 0.29) is 0 Å². The first-order chi connectivity index (χ1) is 9.34. The molecule has 1 fully saturated rings. The minimum atomic E-state index is 0.478. The minimum absolute atomic E-state index is 0.478. The lowest BCUT2D eigenvalue weighted by Crippen LogP contribution is -2.33. The lowest BCUT2D eigenvalue weighted by atomic mass is 10.1. The zero-order valence-corrected chi connectivity index (χ0v) is 11.8. The van der Waals surface area contributed by atoms with Gasteiger partial charge >= 0.3 is 0 Å². The van der Waals surface area contributed by atoms with Crippen LogP contribution in [-0.2, 0) is 11.3 Å². The maximum absolute atomic E-state index is 5.91. The number of nitrogens with zero attached hydrogens (tertiary/aromatic N) is 2. The minimum Gasteiger partial charge on any atom is -0.378 e. The van der Waals surface area contributed by atoms with Gasteiger partial charge in [-0.15, -0.1) is 0 Å². The quantitative estimate of drug-likeness (QED) is 0.759. The summed E-state index contributed by atoms with van der Waals surface area (Å²) < 4.78 is 5.91. The molecule has 2 rings (SSSR count). The van der Waals surface area contributed by atoms with E-state index in [0.29, 0.717) is 6.10 Å². The van der Waals surface area contributed by atoms with Crippen LogP contribution in [0.25, 0.3) is 0 Å². The number of piperidine rings is 1. The van der Waals surface area contributed by atoms with Gasteiger partial charge in [0, 0.05) is 32.1 Å². The van der Waals surface area contributed by atoms with E-state index in [9.17, 15) is 0 Å². The molecule has 0 saturated carbocycles. The molecule has 0 radical (unpaired) electrons. The van der Waals surface area contributed by atoms with Crippen LogP contribution in [0.1, 0.15) is 24.8 Å². The van der Waals surface area contributed by atoms with Gasteiger partial charge in [-0.25, -0.2) is 0 Å². The number of ether oxygens (including phenoxy) is 1. The Morgan fingerprint density at radius 3 is 2.79 bits per heavy atom. The Bertz CT molecular complexity index is 339. The average molecular weight is 263 g/mol. The van der Waals surface area contributed by atoms with E-state index in [4.69, 9.17) is 4.74 Å². The molecule has 0 bridgehead atoms. The van der Waals surface area contributed by atoms with E-state index >= 15 is 0 Å². The van der Waals surface area contributed by atoms with Crippen molar-refractivity contribution in [2.75, 3.05) is 33.3 Å². The maximum Gasteiger partial charge on any atom is 0.0599 e. The highest BCUT2D eigenvalue weighted by molar-refractivity contribution is 5.09. The van der Waals surface area contributed by atoms with Crippen LogP contribution in [0, 0.1) is 0 Å². The van der Waals surface area contributed by atoms with Crippen molar-refractivity contribution in [2.45, 2.75) is 31.9 Å². The summed E-state index contributed by atoms with van der Waals surface area (Å²) in [6, 6.07) is 4.14. The number of rotatable bonds is 7. The molecule has 1 saturated heterocycles. The van der Waals surface area contributed by atoms with Crippen molar-refractivity contribution in [2.24, 2.45) is 0 Å². The van der Waals surface area contributed by atoms with Crippen molar-refractivity contribution in [1.29, 1.82) is 0 Å². The number of nitrogens with one attached hydrogen (secondary N) is 1. The van der Waals surface area contributed by atoms with Gasteiger partial charge in [-0.2, -0.15) is 0 Å². The number of hydrogen-bond donors (Lipinski definition) is 1. The molecule has 1 aliphatic rings. The van der Waals surface area contributed by atoms with Gasteiger partial charge in [0.1, 0.15) is 0 Å². The predicted octanol–water partition coefficient (Wildman–Crippen LogP) is 1.67. The first kappa shape index (κ1) is 14.4. The molecule has 19 heavy (non-hydrogen) atoms. The van der Waals surface area contributed by atoms with E-state index in [1.807, 2.05) is 12.4 Å². The number of hydrogen-bond acceptors (Lipinski definition) is 4. The molecule has 4 heteroatoms. The lowest BCUT2D eigenvalue weighted by molar-refractivity contribution is 0.0284. The van der Waals surface area contributed by atoms with Crippen LogP contribution >= 0.6 is 0 Å². The van der Waals surface area contributed by atoms with E-state index in [1.54, 1.807) is 0 Å². The molecule has 1 aromatic heterocycles. The molecule has 0 spiro atoms. The molecular formula is C15H25N3O. The van der Waals surface area contributed by atoms with Crippen LogP contribution in [0.3, 0.4) is 0 Å². The fourth-order valence-electron chi connectivity index (χ4n) is 2.43. The number of pyridine rings is 1. The third-order valence-electron chi connectivity index (χ3n) is 3.53. The van der Waals surface area contributed by atoms with Gasteiger partial charge in [0.25, 0.3) is 0 Å². The van der Waals surface area contributed by atoms with Crippen LogP contribution in [0.15, 0.2) is 24.5 Å². The second-order valence-corrected chi connectivity index (χ2v) is 5.27. The molecule has 0 amide bonds. The van der Waals surface area contributed by atoms with Crippen molar-refractivity contribution < 1.29 is 4.74 Å². The van der Waals surface area contributed by atoms with E-state index in [0.717, 1.165) is 52.0 Å². The molecule has 4 nitrogen and oxygen atoms in total. The summed E-state index contributed by atoms with van der Waals surface area (Å²) in [5.74, 6) is 0.